The topological polar surface area (TPSA) is 121 Å². The lowest BCUT2D eigenvalue weighted by Crippen LogP contribution is -2.46. The predicted molar refractivity (Wildman–Crippen MR) is 113 cm³/mol. The first-order chi connectivity index (χ1) is 15.6. The first-order valence-corrected chi connectivity index (χ1v) is 12.3. The Morgan fingerprint density at radius 1 is 1.18 bits per heavy atom. The average Bonchev–Trinajstić information content (AvgIpc) is 3.27. The highest BCUT2D eigenvalue weighted by molar-refractivity contribution is 7.85. The highest BCUT2D eigenvalue weighted by Crippen LogP contribution is 2.34. The van der Waals surface area contributed by atoms with Gasteiger partial charge in [-0.2, -0.15) is 8.42 Å². The number of hydrogen-bond acceptors (Lipinski definition) is 5. The van der Waals surface area contributed by atoms with Gasteiger partial charge in [-0.25, -0.2) is 17.6 Å². The van der Waals surface area contributed by atoms with Gasteiger partial charge in [-0.3, -0.25) is 14.1 Å². The molecule has 1 unspecified atom stereocenters. The summed E-state index contributed by atoms with van der Waals surface area (Å²) in [6.45, 7) is 3.06. The average molecular weight is 510 g/mol. The van der Waals surface area contributed by atoms with Crippen molar-refractivity contribution in [3.8, 4) is 0 Å². The lowest BCUT2D eigenvalue weighted by atomic mass is 9.90. The van der Waals surface area contributed by atoms with E-state index in [1.807, 2.05) is 0 Å². The zero-order valence-corrected chi connectivity index (χ0v) is 19.5. The second-order valence-electron chi connectivity index (χ2n) is 9.40. The molecule has 2 aliphatic heterocycles. The second kappa shape index (κ2) is 9.42. The van der Waals surface area contributed by atoms with Crippen LogP contribution in [0.2, 0.25) is 0 Å². The number of likely N-dealkylation sites (tertiary alicyclic amines) is 2. The molecule has 34 heavy (non-hydrogen) atoms. The molecule has 3 rings (SSSR count). The summed E-state index contributed by atoms with van der Waals surface area (Å²) >= 11 is 0. The van der Waals surface area contributed by atoms with Gasteiger partial charge < -0.3 is 15.5 Å². The van der Waals surface area contributed by atoms with Crippen molar-refractivity contribution < 1.29 is 40.1 Å². The molecule has 1 aromatic rings. The fourth-order valence-corrected chi connectivity index (χ4v) is 5.65. The highest BCUT2D eigenvalue weighted by atomic mass is 32.2. The third kappa shape index (κ3) is 5.69. The Kier molecular flexibility index (Phi) is 7.30. The van der Waals surface area contributed by atoms with Crippen LogP contribution < -0.4 is 5.73 Å². The smallest absolute Gasteiger partial charge is 0.265 e. The van der Waals surface area contributed by atoms with Crippen LogP contribution in [0.5, 0.6) is 0 Å². The van der Waals surface area contributed by atoms with Crippen LogP contribution in [0, 0.1) is 23.4 Å². The number of hydrogen-bond donors (Lipinski definition) is 2. The van der Waals surface area contributed by atoms with E-state index in [1.54, 1.807) is 0 Å². The maximum Gasteiger partial charge on any atom is 0.265 e. The van der Waals surface area contributed by atoms with E-state index in [1.165, 1.54) is 9.80 Å². The maximum absolute atomic E-state index is 14.3. The van der Waals surface area contributed by atoms with Crippen molar-refractivity contribution in [1.82, 2.24) is 9.80 Å². The quantitative estimate of drug-likeness (QED) is 0.327. The highest BCUT2D eigenvalue weighted by Gasteiger charge is 2.47. The van der Waals surface area contributed by atoms with Gasteiger partial charge in [-0.05, 0) is 31.9 Å². The number of carbonyl (C=O) groups excluding carboxylic acids is 2. The van der Waals surface area contributed by atoms with Gasteiger partial charge in [0.25, 0.3) is 16.0 Å². The van der Waals surface area contributed by atoms with Crippen molar-refractivity contribution in [1.29, 1.82) is 0 Å². The predicted octanol–water partition coefficient (Wildman–Crippen LogP) is 1.60. The summed E-state index contributed by atoms with van der Waals surface area (Å²) in [6, 6.07) is -1.06. The van der Waals surface area contributed by atoms with E-state index in [0.29, 0.717) is 19.0 Å². The number of nitrogens with two attached hydrogens (primary N) is 1. The van der Waals surface area contributed by atoms with Crippen molar-refractivity contribution in [2.45, 2.75) is 50.4 Å². The fraction of sp³-hybridized carbons (Fsp3) is 0.619. The molecule has 0 aromatic heterocycles. The molecule has 0 spiro atoms. The molecule has 2 fully saturated rings. The molecular weight excluding hydrogens is 482 g/mol. The molecule has 190 valence electrons. The Balaban J connectivity index is 1.77. The zero-order chi connectivity index (χ0) is 25.6. The van der Waals surface area contributed by atoms with Crippen LogP contribution in [0.4, 0.5) is 17.6 Å². The molecule has 2 aliphatic rings. The van der Waals surface area contributed by atoms with Crippen LogP contribution in [0.25, 0.3) is 0 Å². The summed E-state index contributed by atoms with van der Waals surface area (Å²) in [5.41, 5.74) is 3.39. The fourth-order valence-electron chi connectivity index (χ4n) is 4.77. The number of alkyl halides is 1. The summed E-state index contributed by atoms with van der Waals surface area (Å²) in [7, 11) is -4.72. The minimum absolute atomic E-state index is 0.0660. The molecule has 13 heteroatoms. The number of benzene rings is 1. The van der Waals surface area contributed by atoms with Gasteiger partial charge >= 0.3 is 0 Å². The van der Waals surface area contributed by atoms with Gasteiger partial charge in [0.05, 0.1) is 11.8 Å². The molecular formula is C21H27F4N3O5S. The molecule has 0 bridgehead atoms. The summed E-state index contributed by atoms with van der Waals surface area (Å²) in [5.74, 6) is -8.12. The van der Waals surface area contributed by atoms with Crippen molar-refractivity contribution in [2.75, 3.05) is 25.4 Å². The normalized spacial score (nSPS) is 22.6. The van der Waals surface area contributed by atoms with Crippen molar-refractivity contribution in [3.63, 3.8) is 0 Å². The van der Waals surface area contributed by atoms with E-state index in [2.05, 4.69) is 0 Å². The van der Waals surface area contributed by atoms with Crippen LogP contribution in [-0.4, -0.2) is 77.7 Å². The van der Waals surface area contributed by atoms with Gasteiger partial charge in [0.15, 0.2) is 17.3 Å². The summed E-state index contributed by atoms with van der Waals surface area (Å²) < 4.78 is 87.8. The van der Waals surface area contributed by atoms with Gasteiger partial charge in [0, 0.05) is 50.0 Å². The van der Waals surface area contributed by atoms with Gasteiger partial charge in [-0.1, -0.05) is 0 Å². The Morgan fingerprint density at radius 3 is 2.38 bits per heavy atom. The monoisotopic (exact) mass is 509 g/mol. The Labute approximate surface area is 194 Å². The molecule has 2 amide bonds. The van der Waals surface area contributed by atoms with E-state index < -0.39 is 74.7 Å². The molecule has 4 atom stereocenters. The van der Waals surface area contributed by atoms with Crippen molar-refractivity contribution in [3.05, 3.63) is 35.1 Å². The maximum atomic E-state index is 14.3. The molecule has 0 radical (unpaired) electrons. The van der Waals surface area contributed by atoms with E-state index in [0.717, 1.165) is 13.8 Å². The molecule has 0 aliphatic carbocycles. The van der Waals surface area contributed by atoms with Crippen LogP contribution in [0.15, 0.2) is 12.1 Å². The molecule has 1 aromatic carbocycles. The summed E-state index contributed by atoms with van der Waals surface area (Å²) in [4.78, 5) is 28.1. The number of carbonyl (C=O) groups is 2. The third-order valence-electron chi connectivity index (χ3n) is 6.42. The van der Waals surface area contributed by atoms with Gasteiger partial charge in [-0.15, -0.1) is 0 Å². The van der Waals surface area contributed by atoms with Crippen LogP contribution in [0.1, 0.15) is 38.2 Å². The Morgan fingerprint density at radius 2 is 1.79 bits per heavy atom. The Bertz CT molecular complexity index is 1080. The lowest BCUT2D eigenvalue weighted by molar-refractivity contribution is -0.142. The minimum Gasteiger partial charge on any atom is -0.338 e. The van der Waals surface area contributed by atoms with Crippen molar-refractivity contribution in [2.24, 2.45) is 11.7 Å². The van der Waals surface area contributed by atoms with E-state index in [-0.39, 0.29) is 31.1 Å². The SMILES string of the molecule is CC(C)(F)C(=O)N1C[C@@H]2CCN(C(=O)C[C@@H](N)C(CS(=O)(=O)O)c3cc(F)c(F)cc3F)[C@@H]2C1. The van der Waals surface area contributed by atoms with Gasteiger partial charge in [0.2, 0.25) is 5.91 Å². The molecule has 2 saturated heterocycles. The van der Waals surface area contributed by atoms with Crippen LogP contribution >= 0.6 is 0 Å². The zero-order valence-electron chi connectivity index (χ0n) is 18.7. The largest absolute Gasteiger partial charge is 0.338 e. The second-order valence-corrected chi connectivity index (χ2v) is 10.9. The number of rotatable bonds is 7. The number of halogens is 4. The number of fused-ring (bicyclic) bond motifs is 1. The van der Waals surface area contributed by atoms with Crippen LogP contribution in [-0.2, 0) is 19.7 Å². The first kappa shape index (κ1) is 26.4. The van der Waals surface area contributed by atoms with Gasteiger partial charge in [0.1, 0.15) is 5.82 Å². The third-order valence-corrected chi connectivity index (χ3v) is 7.20. The minimum atomic E-state index is -4.72. The standard InChI is InChI=1S/C21H27F4N3O5S/c1-21(2,25)20(30)27-8-11-3-4-28(18(11)9-27)19(29)7-17(26)13(10-34(31,32)33)12-5-15(23)16(24)6-14(12)22/h5-6,11,13,17-18H,3-4,7-10,26H2,1-2H3,(H,31,32,33)/t11-,13?,17+,18+/m0/s1. The first-order valence-electron chi connectivity index (χ1n) is 10.7. The van der Waals surface area contributed by atoms with E-state index >= 15 is 0 Å². The van der Waals surface area contributed by atoms with E-state index in [4.69, 9.17) is 5.73 Å². The molecule has 8 nitrogen and oxygen atoms in total. The molecule has 0 saturated carbocycles. The number of nitrogens with zero attached hydrogens (tertiary/aromatic N) is 2. The van der Waals surface area contributed by atoms with Crippen LogP contribution in [0.3, 0.4) is 0 Å². The van der Waals surface area contributed by atoms with E-state index in [9.17, 15) is 40.1 Å². The molecule has 3 N–H and O–H groups in total. The number of amides is 2. The summed E-state index contributed by atoms with van der Waals surface area (Å²) in [6.07, 6.45) is 0.0821. The lowest BCUT2D eigenvalue weighted by Gasteiger charge is -2.29. The Hall–Kier alpha value is -2.25. The summed E-state index contributed by atoms with van der Waals surface area (Å²) in [5, 5.41) is 0. The molecule has 2 heterocycles. The van der Waals surface area contributed by atoms with Crippen molar-refractivity contribution >= 4 is 21.9 Å².